The van der Waals surface area contributed by atoms with Crippen LogP contribution in [0.2, 0.25) is 0 Å². The van der Waals surface area contributed by atoms with E-state index in [1.54, 1.807) is 18.7 Å². The summed E-state index contributed by atoms with van der Waals surface area (Å²) in [5.74, 6) is 0. The van der Waals surface area contributed by atoms with E-state index in [1.165, 1.54) is 0 Å². The van der Waals surface area contributed by atoms with Gasteiger partial charge in [0.25, 0.3) is 0 Å². The molecule has 0 radical (unpaired) electrons. The Morgan fingerprint density at radius 1 is 0.944 bits per heavy atom. The van der Waals surface area contributed by atoms with Crippen molar-refractivity contribution >= 4 is 15.6 Å². The first-order valence-electron chi connectivity index (χ1n) is 2.89. The first-order valence-corrected chi connectivity index (χ1v) is 5.81. The minimum atomic E-state index is -5.68. The zero-order valence-electron chi connectivity index (χ0n) is 10.4. The number of hydrogen-bond donors (Lipinski definition) is 1. The molecular formula is C3H4N2Na4O7P2. The number of nitrogens with zero attached hydrogens (tertiary/aromatic N) is 1. The van der Waals surface area contributed by atoms with Gasteiger partial charge < -0.3 is 38.0 Å². The molecule has 0 saturated carbocycles. The minimum Gasteiger partial charge on any atom is -0.790 e. The second-order valence-corrected chi connectivity index (χ2v) is 4.18. The molecule has 0 aliphatic heterocycles. The van der Waals surface area contributed by atoms with Crippen LogP contribution in [0.15, 0.2) is 18.7 Å². The van der Waals surface area contributed by atoms with Crippen LogP contribution < -0.4 is 138 Å². The third kappa shape index (κ3) is 31.7. The van der Waals surface area contributed by atoms with E-state index in [4.69, 9.17) is 0 Å². The molecule has 0 aliphatic rings. The van der Waals surface area contributed by atoms with E-state index in [2.05, 4.69) is 14.3 Å². The summed E-state index contributed by atoms with van der Waals surface area (Å²) in [5, 5.41) is 0. The molecule has 9 nitrogen and oxygen atoms in total. The maximum Gasteiger partial charge on any atom is 1.00 e. The summed E-state index contributed by atoms with van der Waals surface area (Å²) in [6.07, 6.45) is 5.08. The third-order valence-electron chi connectivity index (χ3n) is 0.606. The van der Waals surface area contributed by atoms with E-state index in [1.807, 2.05) is 0 Å². The second-order valence-electron chi connectivity index (χ2n) is 1.74. The van der Waals surface area contributed by atoms with Gasteiger partial charge in [-0.15, -0.1) is 0 Å². The van der Waals surface area contributed by atoms with Crippen molar-refractivity contribution < 1.29 is 151 Å². The number of phosphoric acid groups is 2. The summed E-state index contributed by atoms with van der Waals surface area (Å²) in [6.45, 7) is 0. The summed E-state index contributed by atoms with van der Waals surface area (Å²) in [7, 11) is -11.4. The van der Waals surface area contributed by atoms with Crippen LogP contribution in [0.5, 0.6) is 0 Å². The van der Waals surface area contributed by atoms with Crippen LogP contribution in [0, 0.1) is 0 Å². The van der Waals surface area contributed by atoms with Gasteiger partial charge in [-0.05, 0) is 0 Å². The van der Waals surface area contributed by atoms with E-state index in [0.717, 1.165) is 0 Å². The van der Waals surface area contributed by atoms with E-state index in [0.29, 0.717) is 0 Å². The van der Waals surface area contributed by atoms with E-state index < -0.39 is 15.6 Å². The molecule has 18 heavy (non-hydrogen) atoms. The molecule has 0 amide bonds. The van der Waals surface area contributed by atoms with E-state index >= 15 is 0 Å². The molecule has 0 fully saturated rings. The van der Waals surface area contributed by atoms with Gasteiger partial charge in [-0.1, -0.05) is 0 Å². The Hall–Kier alpha value is 3.47. The smallest absolute Gasteiger partial charge is 0.790 e. The van der Waals surface area contributed by atoms with Gasteiger partial charge in [0.05, 0.1) is 22.0 Å². The molecule has 0 saturated heterocycles. The van der Waals surface area contributed by atoms with E-state index in [-0.39, 0.29) is 118 Å². The zero-order valence-corrected chi connectivity index (χ0v) is 20.2. The second kappa shape index (κ2) is 16.8. The van der Waals surface area contributed by atoms with Crippen LogP contribution in [0.25, 0.3) is 0 Å². The predicted octanol–water partition coefficient (Wildman–Crippen LogP) is -14.9. The van der Waals surface area contributed by atoms with Gasteiger partial charge in [0.15, 0.2) is 0 Å². The molecule has 1 aromatic heterocycles. The molecule has 1 heterocycles. The topological polar surface area (TPSA) is 164 Å². The molecule has 0 aliphatic carbocycles. The maximum atomic E-state index is 9.32. The Balaban J connectivity index is -0.0000000552. The summed E-state index contributed by atoms with van der Waals surface area (Å²) >= 11 is 0. The zero-order chi connectivity index (χ0) is 11.2. The first kappa shape index (κ1) is 33.2. The number of aromatic nitrogens is 2. The van der Waals surface area contributed by atoms with Crippen LogP contribution in [-0.4, -0.2) is 9.97 Å². The van der Waals surface area contributed by atoms with Crippen molar-refractivity contribution in [2.24, 2.45) is 0 Å². The molecule has 0 unspecified atom stereocenters. The van der Waals surface area contributed by atoms with Gasteiger partial charge >= 0.3 is 118 Å². The standard InChI is InChI=1S/C3H4N2.4Na.H4O7P2/c1-2-5-3-4-1;;;;;1-8(2,3)7-9(4,5)6/h1-3H,(H,4,5);;;;;(H2,1,2,3)(H2,4,5,6)/q;4*+1;/p-4. The van der Waals surface area contributed by atoms with Crippen molar-refractivity contribution in [1.29, 1.82) is 0 Å². The average Bonchev–Trinajstić information content (AvgIpc) is 2.29. The molecule has 1 aromatic rings. The van der Waals surface area contributed by atoms with Crippen LogP contribution >= 0.6 is 15.6 Å². The molecule has 1 N–H and O–H groups in total. The van der Waals surface area contributed by atoms with Crippen LogP contribution in [-0.2, 0) is 13.4 Å². The van der Waals surface area contributed by atoms with Gasteiger partial charge in [-0.25, -0.2) is 4.98 Å². The van der Waals surface area contributed by atoms with Crippen molar-refractivity contribution in [1.82, 2.24) is 9.97 Å². The van der Waals surface area contributed by atoms with E-state index in [9.17, 15) is 28.7 Å². The monoisotopic (exact) mass is 334 g/mol. The van der Waals surface area contributed by atoms with Crippen LogP contribution in [0.1, 0.15) is 0 Å². The van der Waals surface area contributed by atoms with Crippen molar-refractivity contribution in [3.8, 4) is 0 Å². The Bertz CT molecular complexity index is 301. The number of imidazole rings is 1. The number of aromatic amines is 1. The Morgan fingerprint density at radius 2 is 1.33 bits per heavy atom. The summed E-state index contributed by atoms with van der Waals surface area (Å²) in [6, 6.07) is 0. The van der Waals surface area contributed by atoms with Gasteiger partial charge in [0.1, 0.15) is 0 Å². The van der Waals surface area contributed by atoms with Gasteiger partial charge in [0, 0.05) is 12.4 Å². The Morgan fingerprint density at radius 3 is 1.39 bits per heavy atom. The molecule has 0 atom stereocenters. The fourth-order valence-corrected chi connectivity index (χ4v) is 1.32. The number of H-pyrrole nitrogens is 1. The Kier molecular flexibility index (Phi) is 31.0. The molecule has 0 spiro atoms. The Labute approximate surface area is 192 Å². The first-order chi connectivity index (χ1) is 6.21. The van der Waals surface area contributed by atoms with Gasteiger partial charge in [0.2, 0.25) is 0 Å². The number of rotatable bonds is 2. The molecule has 82 valence electrons. The van der Waals surface area contributed by atoms with Crippen LogP contribution in [0.4, 0.5) is 0 Å². The third-order valence-corrected chi connectivity index (χ3v) is 2.21. The quantitative estimate of drug-likeness (QED) is 0.411. The SMILES string of the molecule is O=P([O-])([O-])OP(=O)([O-])[O-].[Na+].[Na+].[Na+].[Na+].c1c[nH]cn1. The number of nitrogens with one attached hydrogen (secondary N) is 1. The molecule has 1 rings (SSSR count). The summed E-state index contributed by atoms with van der Waals surface area (Å²) < 4.78 is 21.2. The minimum absolute atomic E-state index is 0. The number of hydrogen-bond acceptors (Lipinski definition) is 8. The molecule has 0 aromatic carbocycles. The normalized spacial score (nSPS) is 9.11. The molecule has 0 bridgehead atoms. The summed E-state index contributed by atoms with van der Waals surface area (Å²) in [5.41, 5.74) is 0. The van der Waals surface area contributed by atoms with Gasteiger partial charge in [-0.2, -0.15) is 0 Å². The molecule has 15 heteroatoms. The van der Waals surface area contributed by atoms with Crippen molar-refractivity contribution in [2.45, 2.75) is 0 Å². The van der Waals surface area contributed by atoms with Crippen molar-refractivity contribution in [2.75, 3.05) is 0 Å². The molecular weight excluding hydrogens is 330 g/mol. The fourth-order valence-electron chi connectivity index (χ4n) is 0.338. The average molecular weight is 334 g/mol. The van der Waals surface area contributed by atoms with Crippen molar-refractivity contribution in [3.05, 3.63) is 18.7 Å². The van der Waals surface area contributed by atoms with Crippen LogP contribution in [0.3, 0.4) is 0 Å². The van der Waals surface area contributed by atoms with Gasteiger partial charge in [-0.3, -0.25) is 0 Å². The maximum absolute atomic E-state index is 9.32. The fraction of sp³-hybridized carbons (Fsp3) is 0. The largest absolute Gasteiger partial charge is 1.00 e. The van der Waals surface area contributed by atoms with Crippen molar-refractivity contribution in [3.63, 3.8) is 0 Å². The summed E-state index contributed by atoms with van der Waals surface area (Å²) in [4.78, 5) is 43.7. The predicted molar refractivity (Wildman–Crippen MR) is 34.9 cm³/mol.